The summed E-state index contributed by atoms with van der Waals surface area (Å²) in [5.74, 6) is 3.01. The maximum Gasteiger partial charge on any atom is 0.309 e. The highest BCUT2D eigenvalue weighted by Crippen LogP contribution is 2.75. The number of nitrogens with two attached hydrogens (primary N) is 1. The number of fused-ring (bicyclic) bond motifs is 7. The molecule has 0 saturated heterocycles. The molecule has 0 aromatic heterocycles. The van der Waals surface area contributed by atoms with Crippen LogP contribution in [0.1, 0.15) is 124 Å². The first-order valence-electron chi connectivity index (χ1n) is 17.8. The molecule has 0 spiro atoms. The van der Waals surface area contributed by atoms with Crippen LogP contribution in [0.15, 0.2) is 53.6 Å². The van der Waals surface area contributed by atoms with Gasteiger partial charge in [0.1, 0.15) is 6.61 Å². The van der Waals surface area contributed by atoms with Crippen LogP contribution in [0.5, 0.6) is 0 Å². The summed E-state index contributed by atoms with van der Waals surface area (Å²) >= 11 is 0. The van der Waals surface area contributed by atoms with Crippen molar-refractivity contribution >= 4 is 5.97 Å². The molecule has 3 heteroatoms. The van der Waals surface area contributed by atoms with Crippen LogP contribution in [0.25, 0.3) is 0 Å². The van der Waals surface area contributed by atoms with E-state index in [4.69, 9.17) is 10.5 Å². The number of carbonyl (C=O) groups excluding carboxylic acids is 1. The third-order valence-electron chi connectivity index (χ3n) is 15.3. The Labute approximate surface area is 261 Å². The lowest BCUT2D eigenvalue weighted by Crippen LogP contribution is -2.66. The number of rotatable bonds is 4. The molecule has 43 heavy (non-hydrogen) atoms. The highest BCUT2D eigenvalue weighted by molar-refractivity contribution is 5.73. The fourth-order valence-corrected chi connectivity index (χ4v) is 12.9. The van der Waals surface area contributed by atoms with Gasteiger partial charge >= 0.3 is 5.97 Å². The maximum atomic E-state index is 12.9. The normalized spacial score (nSPS) is 45.0. The molecule has 0 amide bonds. The highest BCUT2D eigenvalue weighted by Gasteiger charge is 2.69. The molecule has 9 atom stereocenters. The van der Waals surface area contributed by atoms with Crippen LogP contribution in [-0.2, 0) is 16.1 Å². The molecule has 0 unspecified atom stereocenters. The Morgan fingerprint density at radius 1 is 0.837 bits per heavy atom. The zero-order valence-corrected chi connectivity index (χ0v) is 27.7. The van der Waals surface area contributed by atoms with Gasteiger partial charge in [0.05, 0.1) is 5.92 Å². The standard InChI is InChI=1S/C40H57NO2/c1-36(2)30(28-13-15-29(16-14-28)35(42)43-26-27-10-7-6-8-11-27)19-22-37(3)33(36)20-23-39(5)34(37)18-17-31-32-12-9-21-40(32,41)25-24-38(31,39)4/h6-8,10-11,13,19,29,31-34H,9,12,14-18,20-26,41H2,1-5H3/t29-,31+,32+,33-,34+,37-,38+,39+,40-/m0/s1. The van der Waals surface area contributed by atoms with Crippen molar-refractivity contribution in [3.8, 4) is 0 Å². The summed E-state index contributed by atoms with van der Waals surface area (Å²) in [5, 5.41) is 0. The Kier molecular flexibility index (Phi) is 7.16. The van der Waals surface area contributed by atoms with Crippen molar-refractivity contribution < 1.29 is 9.53 Å². The van der Waals surface area contributed by atoms with Gasteiger partial charge in [-0.2, -0.15) is 0 Å². The lowest BCUT2D eigenvalue weighted by atomic mass is 9.33. The molecule has 0 radical (unpaired) electrons. The second-order valence-corrected chi connectivity index (χ2v) is 17.2. The second kappa shape index (κ2) is 10.3. The SMILES string of the molecule is CC1(C)C(C2=CC[C@H](C(=O)OCc3ccccc3)CC2)=CC[C@]2(C)[C@H]3CC[C@@H]4[C@H]5CCC[C@]5(N)CC[C@@]4(C)[C@]3(C)CC[C@@H]12. The summed E-state index contributed by atoms with van der Waals surface area (Å²) in [4.78, 5) is 12.9. The van der Waals surface area contributed by atoms with Crippen LogP contribution in [0.2, 0.25) is 0 Å². The first-order chi connectivity index (χ1) is 20.4. The number of ether oxygens (including phenoxy) is 1. The molecular weight excluding hydrogens is 526 g/mol. The molecule has 3 nitrogen and oxygen atoms in total. The van der Waals surface area contributed by atoms with E-state index in [1.807, 2.05) is 30.3 Å². The van der Waals surface area contributed by atoms with Crippen molar-refractivity contribution in [2.24, 2.45) is 57.0 Å². The number of hydrogen-bond acceptors (Lipinski definition) is 3. The Morgan fingerprint density at radius 2 is 1.63 bits per heavy atom. The van der Waals surface area contributed by atoms with E-state index in [0.717, 1.165) is 42.6 Å². The number of allylic oxidation sites excluding steroid dienone is 4. The van der Waals surface area contributed by atoms with Gasteiger partial charge in [0.2, 0.25) is 0 Å². The third kappa shape index (κ3) is 4.40. The molecule has 1 aromatic rings. The van der Waals surface area contributed by atoms with Crippen LogP contribution in [0.3, 0.4) is 0 Å². The van der Waals surface area contributed by atoms with E-state index < -0.39 is 0 Å². The molecule has 2 N–H and O–H groups in total. The molecule has 6 aliphatic carbocycles. The van der Waals surface area contributed by atoms with Crippen LogP contribution in [0.4, 0.5) is 0 Å². The minimum atomic E-state index is -0.0357. The van der Waals surface area contributed by atoms with Crippen molar-refractivity contribution in [2.45, 2.75) is 130 Å². The van der Waals surface area contributed by atoms with Crippen molar-refractivity contribution in [3.63, 3.8) is 0 Å². The quantitative estimate of drug-likeness (QED) is 0.359. The van der Waals surface area contributed by atoms with Gasteiger partial charge in [-0.25, -0.2) is 0 Å². The van der Waals surface area contributed by atoms with Crippen molar-refractivity contribution in [2.75, 3.05) is 0 Å². The maximum absolute atomic E-state index is 12.9. The summed E-state index contributed by atoms with van der Waals surface area (Å²) in [6, 6.07) is 10.0. The summed E-state index contributed by atoms with van der Waals surface area (Å²) in [6.45, 7) is 13.6. The zero-order valence-electron chi connectivity index (χ0n) is 27.7. The van der Waals surface area contributed by atoms with Gasteiger partial charge < -0.3 is 10.5 Å². The van der Waals surface area contributed by atoms with Crippen molar-refractivity contribution in [1.82, 2.24) is 0 Å². The molecule has 234 valence electrons. The topological polar surface area (TPSA) is 52.3 Å². The van der Waals surface area contributed by atoms with Crippen molar-refractivity contribution in [3.05, 3.63) is 59.2 Å². The van der Waals surface area contributed by atoms with Gasteiger partial charge in [-0.15, -0.1) is 0 Å². The molecule has 7 rings (SSSR count). The lowest BCUT2D eigenvalue weighted by molar-refractivity contribution is -0.216. The Hall–Kier alpha value is -1.87. The fourth-order valence-electron chi connectivity index (χ4n) is 12.9. The predicted octanol–water partition coefficient (Wildman–Crippen LogP) is 9.56. The van der Waals surface area contributed by atoms with E-state index in [2.05, 4.69) is 46.8 Å². The first-order valence-corrected chi connectivity index (χ1v) is 17.8. The van der Waals surface area contributed by atoms with E-state index in [0.29, 0.717) is 28.8 Å². The average Bonchev–Trinajstić information content (AvgIpc) is 3.38. The van der Waals surface area contributed by atoms with Crippen LogP contribution in [-0.4, -0.2) is 11.5 Å². The van der Waals surface area contributed by atoms with Crippen LogP contribution in [0, 0.1) is 51.2 Å². The molecule has 6 aliphatic rings. The van der Waals surface area contributed by atoms with Gasteiger partial charge in [-0.3, -0.25) is 4.79 Å². The molecule has 0 aliphatic heterocycles. The molecular formula is C40H57NO2. The van der Waals surface area contributed by atoms with Crippen molar-refractivity contribution in [1.29, 1.82) is 0 Å². The number of carbonyl (C=O) groups is 1. The predicted molar refractivity (Wildman–Crippen MR) is 175 cm³/mol. The van der Waals surface area contributed by atoms with Gasteiger partial charge in [0, 0.05) is 5.54 Å². The summed E-state index contributed by atoms with van der Waals surface area (Å²) in [6.07, 6.45) is 21.1. The Balaban J connectivity index is 1.09. The summed E-state index contributed by atoms with van der Waals surface area (Å²) < 4.78 is 5.72. The fraction of sp³-hybridized carbons (Fsp3) is 0.725. The van der Waals surface area contributed by atoms with E-state index in [9.17, 15) is 4.79 Å². The second-order valence-electron chi connectivity index (χ2n) is 17.2. The third-order valence-corrected chi connectivity index (χ3v) is 15.3. The summed E-state index contributed by atoms with van der Waals surface area (Å²) in [7, 11) is 0. The zero-order chi connectivity index (χ0) is 30.3. The van der Waals surface area contributed by atoms with Gasteiger partial charge in [0.25, 0.3) is 0 Å². The first kappa shape index (κ1) is 29.8. The highest BCUT2D eigenvalue weighted by atomic mass is 16.5. The summed E-state index contributed by atoms with van der Waals surface area (Å²) in [5.41, 5.74) is 12.7. The molecule has 0 bridgehead atoms. The van der Waals surface area contributed by atoms with E-state index in [1.54, 1.807) is 5.57 Å². The Morgan fingerprint density at radius 3 is 2.37 bits per heavy atom. The number of hydrogen-bond donors (Lipinski definition) is 1. The number of benzene rings is 1. The monoisotopic (exact) mass is 583 g/mol. The largest absolute Gasteiger partial charge is 0.461 e. The lowest BCUT2D eigenvalue weighted by Gasteiger charge is -2.72. The van der Waals surface area contributed by atoms with E-state index >= 15 is 0 Å². The minimum absolute atomic E-state index is 0.0148. The van der Waals surface area contributed by atoms with E-state index in [-0.39, 0.29) is 22.8 Å². The molecule has 4 saturated carbocycles. The Bertz CT molecular complexity index is 1310. The van der Waals surface area contributed by atoms with Crippen LogP contribution < -0.4 is 5.73 Å². The van der Waals surface area contributed by atoms with E-state index in [1.165, 1.54) is 69.8 Å². The van der Waals surface area contributed by atoms with Gasteiger partial charge in [-0.05, 0) is 139 Å². The minimum Gasteiger partial charge on any atom is -0.461 e. The van der Waals surface area contributed by atoms with Crippen LogP contribution >= 0.6 is 0 Å². The molecule has 4 fully saturated rings. The number of esters is 1. The average molecular weight is 584 g/mol. The molecule has 1 aromatic carbocycles. The van der Waals surface area contributed by atoms with Gasteiger partial charge in [-0.1, -0.05) is 83.5 Å². The van der Waals surface area contributed by atoms with Gasteiger partial charge in [0.15, 0.2) is 0 Å². The molecule has 0 heterocycles. The smallest absolute Gasteiger partial charge is 0.309 e.